The highest BCUT2D eigenvalue weighted by atomic mass is 16.5. The Morgan fingerprint density at radius 3 is 2.88 bits per heavy atom. The second-order valence-corrected chi connectivity index (χ2v) is 6.22. The number of amides is 1. The molecule has 1 fully saturated rings. The highest BCUT2D eigenvalue weighted by Gasteiger charge is 2.28. The number of rotatable bonds is 5. The summed E-state index contributed by atoms with van der Waals surface area (Å²) in [6.07, 6.45) is 5.58. The summed E-state index contributed by atoms with van der Waals surface area (Å²) in [4.78, 5) is 24.3. The van der Waals surface area contributed by atoms with Gasteiger partial charge in [0.25, 0.3) is 0 Å². The SMILES string of the molecule is COc1ccc(-n2nnc3cnc(NC4CCC(C(N)=O)C4)nc32)cn1. The number of aromatic nitrogens is 6. The Labute approximate surface area is 148 Å². The fourth-order valence-corrected chi connectivity index (χ4v) is 3.14. The van der Waals surface area contributed by atoms with E-state index in [9.17, 15) is 4.79 Å². The third kappa shape index (κ3) is 3.01. The lowest BCUT2D eigenvalue weighted by Gasteiger charge is -2.12. The molecule has 3 N–H and O–H groups in total. The van der Waals surface area contributed by atoms with Crippen LogP contribution in [0.1, 0.15) is 19.3 Å². The topological polar surface area (TPSA) is 134 Å². The Morgan fingerprint density at radius 1 is 1.31 bits per heavy atom. The van der Waals surface area contributed by atoms with Gasteiger partial charge in [-0.2, -0.15) is 9.67 Å². The number of nitrogens with one attached hydrogen (secondary N) is 1. The molecule has 1 aliphatic rings. The van der Waals surface area contributed by atoms with Crippen molar-refractivity contribution >= 4 is 23.0 Å². The van der Waals surface area contributed by atoms with Gasteiger partial charge in [-0.15, -0.1) is 5.10 Å². The fourth-order valence-electron chi connectivity index (χ4n) is 3.14. The molecule has 2 atom stereocenters. The summed E-state index contributed by atoms with van der Waals surface area (Å²) in [5, 5.41) is 11.5. The number of primary amides is 1. The molecule has 2 unspecified atom stereocenters. The van der Waals surface area contributed by atoms with Crippen molar-refractivity contribution in [1.82, 2.24) is 29.9 Å². The van der Waals surface area contributed by atoms with E-state index in [-0.39, 0.29) is 17.9 Å². The largest absolute Gasteiger partial charge is 0.481 e. The highest BCUT2D eigenvalue weighted by molar-refractivity contribution is 5.77. The number of carbonyl (C=O) groups is 1. The highest BCUT2D eigenvalue weighted by Crippen LogP contribution is 2.27. The maximum Gasteiger partial charge on any atom is 0.225 e. The average Bonchev–Trinajstić information content (AvgIpc) is 3.29. The van der Waals surface area contributed by atoms with Gasteiger partial charge in [-0.1, -0.05) is 5.21 Å². The van der Waals surface area contributed by atoms with Crippen LogP contribution in [-0.2, 0) is 4.79 Å². The van der Waals surface area contributed by atoms with Crippen LogP contribution >= 0.6 is 0 Å². The first-order valence-corrected chi connectivity index (χ1v) is 8.29. The Balaban J connectivity index is 1.59. The molecule has 10 nitrogen and oxygen atoms in total. The monoisotopic (exact) mass is 354 g/mol. The third-order valence-corrected chi connectivity index (χ3v) is 4.54. The lowest BCUT2D eigenvalue weighted by Crippen LogP contribution is -2.23. The Hall–Kier alpha value is -3.30. The van der Waals surface area contributed by atoms with Crippen LogP contribution in [0.2, 0.25) is 0 Å². The summed E-state index contributed by atoms with van der Waals surface area (Å²) in [6.45, 7) is 0. The van der Waals surface area contributed by atoms with E-state index in [0.29, 0.717) is 35.1 Å². The van der Waals surface area contributed by atoms with Gasteiger partial charge in [0.1, 0.15) is 0 Å². The maximum atomic E-state index is 11.3. The summed E-state index contributed by atoms with van der Waals surface area (Å²) >= 11 is 0. The van der Waals surface area contributed by atoms with E-state index in [1.165, 1.54) is 0 Å². The van der Waals surface area contributed by atoms with Crippen molar-refractivity contribution in [3.05, 3.63) is 24.5 Å². The van der Waals surface area contributed by atoms with Crippen LogP contribution in [0.5, 0.6) is 5.88 Å². The smallest absolute Gasteiger partial charge is 0.225 e. The number of ether oxygens (including phenoxy) is 1. The first-order chi connectivity index (χ1) is 12.6. The number of hydrogen-bond acceptors (Lipinski definition) is 8. The molecule has 1 amide bonds. The maximum absolute atomic E-state index is 11.3. The van der Waals surface area contributed by atoms with Gasteiger partial charge in [-0.05, 0) is 25.3 Å². The van der Waals surface area contributed by atoms with Crippen LogP contribution in [0.4, 0.5) is 5.95 Å². The summed E-state index contributed by atoms with van der Waals surface area (Å²) in [6, 6.07) is 3.69. The summed E-state index contributed by atoms with van der Waals surface area (Å²) < 4.78 is 6.66. The van der Waals surface area contributed by atoms with E-state index in [0.717, 1.165) is 12.8 Å². The molecule has 0 aliphatic heterocycles. The first-order valence-electron chi connectivity index (χ1n) is 8.29. The van der Waals surface area contributed by atoms with Crippen molar-refractivity contribution in [2.24, 2.45) is 11.7 Å². The summed E-state index contributed by atoms with van der Waals surface area (Å²) in [5.74, 6) is 0.645. The van der Waals surface area contributed by atoms with Crippen molar-refractivity contribution in [3.63, 3.8) is 0 Å². The number of carbonyl (C=O) groups excluding carboxylic acids is 1. The zero-order valence-corrected chi connectivity index (χ0v) is 14.2. The van der Waals surface area contributed by atoms with Crippen LogP contribution in [0.15, 0.2) is 24.5 Å². The molecule has 1 saturated carbocycles. The molecular weight excluding hydrogens is 336 g/mol. The number of anilines is 1. The van der Waals surface area contributed by atoms with Gasteiger partial charge < -0.3 is 15.8 Å². The quantitative estimate of drug-likeness (QED) is 0.683. The van der Waals surface area contributed by atoms with Crippen LogP contribution in [0.3, 0.4) is 0 Å². The second-order valence-electron chi connectivity index (χ2n) is 6.22. The molecule has 3 heterocycles. The summed E-state index contributed by atoms with van der Waals surface area (Å²) in [7, 11) is 1.56. The normalized spacial score (nSPS) is 19.6. The van der Waals surface area contributed by atoms with Gasteiger partial charge in [0.15, 0.2) is 11.2 Å². The van der Waals surface area contributed by atoms with Crippen LogP contribution in [0, 0.1) is 5.92 Å². The molecule has 0 spiro atoms. The molecule has 134 valence electrons. The minimum absolute atomic E-state index is 0.0891. The Morgan fingerprint density at radius 2 is 2.19 bits per heavy atom. The van der Waals surface area contributed by atoms with Crippen molar-refractivity contribution < 1.29 is 9.53 Å². The number of nitrogens with two attached hydrogens (primary N) is 1. The number of fused-ring (bicyclic) bond motifs is 1. The minimum Gasteiger partial charge on any atom is -0.481 e. The van der Waals surface area contributed by atoms with Gasteiger partial charge >= 0.3 is 0 Å². The number of methoxy groups -OCH3 is 1. The van der Waals surface area contributed by atoms with Gasteiger partial charge in [0.2, 0.25) is 17.7 Å². The van der Waals surface area contributed by atoms with E-state index in [1.54, 1.807) is 30.3 Å². The van der Waals surface area contributed by atoms with E-state index in [2.05, 4.69) is 30.6 Å². The van der Waals surface area contributed by atoms with Crippen molar-refractivity contribution in [3.8, 4) is 11.6 Å². The van der Waals surface area contributed by atoms with Crippen LogP contribution < -0.4 is 15.8 Å². The predicted octanol–water partition coefficient (Wildman–Crippen LogP) is 0.680. The number of pyridine rings is 1. The zero-order chi connectivity index (χ0) is 18.1. The number of nitrogens with zero attached hydrogens (tertiary/aromatic N) is 6. The molecule has 1 aliphatic carbocycles. The molecular formula is C16H18N8O2. The van der Waals surface area contributed by atoms with Gasteiger partial charge in [-0.25, -0.2) is 9.97 Å². The van der Waals surface area contributed by atoms with Crippen LogP contribution in [0.25, 0.3) is 16.9 Å². The van der Waals surface area contributed by atoms with E-state index in [1.807, 2.05) is 6.07 Å². The molecule has 0 radical (unpaired) electrons. The Bertz CT molecular complexity index is 939. The molecule has 0 saturated heterocycles. The van der Waals surface area contributed by atoms with Crippen molar-refractivity contribution in [2.45, 2.75) is 25.3 Å². The predicted molar refractivity (Wildman–Crippen MR) is 92.7 cm³/mol. The first kappa shape index (κ1) is 16.2. The minimum atomic E-state index is -0.250. The average molecular weight is 354 g/mol. The number of hydrogen-bond donors (Lipinski definition) is 2. The second kappa shape index (κ2) is 6.54. The summed E-state index contributed by atoms with van der Waals surface area (Å²) in [5.41, 5.74) is 7.25. The van der Waals surface area contributed by atoms with E-state index < -0.39 is 0 Å². The zero-order valence-electron chi connectivity index (χ0n) is 14.2. The van der Waals surface area contributed by atoms with Gasteiger partial charge in [0, 0.05) is 18.0 Å². The molecule has 3 aromatic rings. The molecule has 26 heavy (non-hydrogen) atoms. The molecule has 4 rings (SSSR count). The lowest BCUT2D eigenvalue weighted by molar-refractivity contribution is -0.121. The molecule has 0 bridgehead atoms. The van der Waals surface area contributed by atoms with E-state index in [4.69, 9.17) is 10.5 Å². The molecule has 0 aromatic carbocycles. The van der Waals surface area contributed by atoms with Gasteiger partial charge in [0.05, 0.1) is 25.2 Å². The Kier molecular flexibility index (Phi) is 4.07. The molecule has 3 aromatic heterocycles. The van der Waals surface area contributed by atoms with E-state index >= 15 is 0 Å². The van der Waals surface area contributed by atoms with Crippen LogP contribution in [-0.4, -0.2) is 49.0 Å². The standard InChI is InChI=1S/C16H18N8O2/c1-26-13-5-4-11(7-18-13)24-15-12(22-23-24)8-19-16(21-15)20-10-3-2-9(6-10)14(17)25/h4-5,7-10H,2-3,6H2,1H3,(H2,17,25)(H,19,20,21). The van der Waals surface area contributed by atoms with Gasteiger partial charge in [-0.3, -0.25) is 4.79 Å². The third-order valence-electron chi connectivity index (χ3n) is 4.54. The van der Waals surface area contributed by atoms with Crippen molar-refractivity contribution in [1.29, 1.82) is 0 Å². The lowest BCUT2D eigenvalue weighted by atomic mass is 10.1. The molecule has 10 heteroatoms. The van der Waals surface area contributed by atoms with Crippen molar-refractivity contribution in [2.75, 3.05) is 12.4 Å². The fraction of sp³-hybridized carbons (Fsp3) is 0.375.